The second kappa shape index (κ2) is 2.55. The predicted octanol–water partition coefficient (Wildman–Crippen LogP) is -0.313. The van der Waals surface area contributed by atoms with Gasteiger partial charge in [-0.2, -0.15) is 9.61 Å². The van der Waals surface area contributed by atoms with Crippen molar-refractivity contribution in [3.05, 3.63) is 11.3 Å². The van der Waals surface area contributed by atoms with Crippen LogP contribution < -0.4 is 5.73 Å². The van der Waals surface area contributed by atoms with Crippen LogP contribution in [0.2, 0.25) is 0 Å². The Hall–Kier alpha value is -1.01. The Morgan fingerprint density at radius 1 is 1.64 bits per heavy atom. The highest BCUT2D eigenvalue weighted by Crippen LogP contribution is 2.10. The molecule has 2 aromatic rings. The molecule has 0 amide bonds. The van der Waals surface area contributed by atoms with E-state index < -0.39 is 0 Å². The summed E-state index contributed by atoms with van der Waals surface area (Å²) in [7, 11) is 0. The van der Waals surface area contributed by atoms with Gasteiger partial charge in [0, 0.05) is 6.42 Å². The smallest absolute Gasteiger partial charge is 0.234 e. The minimum absolute atomic E-state index is 0.629. The predicted molar refractivity (Wildman–Crippen MR) is 41.4 cm³/mol. The Morgan fingerprint density at radius 2 is 2.55 bits per heavy atom. The minimum Gasteiger partial charge on any atom is -0.330 e. The summed E-state index contributed by atoms with van der Waals surface area (Å²) in [5.41, 5.74) is 5.37. The SMILES string of the molecule is NCCc1nn2cnnc2s1. The molecule has 0 bridgehead atoms. The molecule has 0 aromatic carbocycles. The number of fused-ring (bicyclic) bond motifs is 1. The van der Waals surface area contributed by atoms with Crippen molar-refractivity contribution in [2.24, 2.45) is 5.73 Å². The number of hydrogen-bond acceptors (Lipinski definition) is 5. The average molecular weight is 169 g/mol. The van der Waals surface area contributed by atoms with Crippen LogP contribution in [0.3, 0.4) is 0 Å². The molecule has 6 heteroatoms. The summed E-state index contributed by atoms with van der Waals surface area (Å²) < 4.78 is 1.66. The lowest BCUT2D eigenvalue weighted by atomic mass is 10.5. The van der Waals surface area contributed by atoms with Crippen molar-refractivity contribution < 1.29 is 0 Å². The molecule has 0 aliphatic rings. The van der Waals surface area contributed by atoms with E-state index in [-0.39, 0.29) is 0 Å². The number of nitrogens with two attached hydrogens (primary N) is 1. The van der Waals surface area contributed by atoms with Gasteiger partial charge in [-0.05, 0) is 6.54 Å². The van der Waals surface area contributed by atoms with Gasteiger partial charge in [-0.3, -0.25) is 0 Å². The first-order valence-corrected chi connectivity index (χ1v) is 4.07. The zero-order chi connectivity index (χ0) is 7.68. The number of rotatable bonds is 2. The number of hydrogen-bond donors (Lipinski definition) is 1. The van der Waals surface area contributed by atoms with E-state index in [0.717, 1.165) is 16.4 Å². The van der Waals surface area contributed by atoms with E-state index in [1.807, 2.05) is 0 Å². The first-order chi connectivity index (χ1) is 5.40. The molecule has 2 N–H and O–H groups in total. The largest absolute Gasteiger partial charge is 0.330 e. The fraction of sp³-hybridized carbons (Fsp3) is 0.400. The maximum Gasteiger partial charge on any atom is 0.234 e. The van der Waals surface area contributed by atoms with Gasteiger partial charge < -0.3 is 5.73 Å². The highest BCUT2D eigenvalue weighted by atomic mass is 32.1. The Kier molecular flexibility index (Phi) is 1.55. The normalized spacial score (nSPS) is 11.0. The molecule has 0 unspecified atom stereocenters. The average Bonchev–Trinajstić information content (AvgIpc) is 2.46. The van der Waals surface area contributed by atoms with E-state index in [9.17, 15) is 0 Å². The molecule has 0 saturated heterocycles. The van der Waals surface area contributed by atoms with Crippen molar-refractivity contribution in [2.75, 3.05) is 6.54 Å². The number of nitrogens with zero attached hydrogens (tertiary/aromatic N) is 4. The first kappa shape index (κ1) is 6.68. The molecule has 0 saturated carbocycles. The summed E-state index contributed by atoms with van der Waals surface area (Å²) in [5, 5.41) is 12.7. The van der Waals surface area contributed by atoms with Crippen LogP contribution in [0.5, 0.6) is 0 Å². The molecule has 0 radical (unpaired) electrons. The van der Waals surface area contributed by atoms with Crippen LogP contribution >= 0.6 is 11.3 Å². The topological polar surface area (TPSA) is 69.1 Å². The summed E-state index contributed by atoms with van der Waals surface area (Å²) in [6.07, 6.45) is 2.40. The van der Waals surface area contributed by atoms with Crippen molar-refractivity contribution in [3.63, 3.8) is 0 Å². The second-order valence-corrected chi connectivity index (χ2v) is 3.13. The lowest BCUT2D eigenvalue weighted by Crippen LogP contribution is -2.02. The minimum atomic E-state index is 0.629. The van der Waals surface area contributed by atoms with E-state index in [4.69, 9.17) is 5.73 Å². The fourth-order valence-corrected chi connectivity index (χ4v) is 1.65. The van der Waals surface area contributed by atoms with Crippen LogP contribution in [0, 0.1) is 0 Å². The molecule has 58 valence electrons. The fourth-order valence-electron chi connectivity index (χ4n) is 0.826. The monoisotopic (exact) mass is 169 g/mol. The van der Waals surface area contributed by atoms with Gasteiger partial charge in [0.2, 0.25) is 4.96 Å². The maximum absolute atomic E-state index is 5.37. The molecule has 2 aromatic heterocycles. The highest BCUT2D eigenvalue weighted by Gasteiger charge is 2.02. The van der Waals surface area contributed by atoms with Crippen molar-refractivity contribution in [1.82, 2.24) is 19.8 Å². The Balaban J connectivity index is 2.42. The van der Waals surface area contributed by atoms with Gasteiger partial charge in [-0.1, -0.05) is 11.3 Å². The van der Waals surface area contributed by atoms with Crippen molar-refractivity contribution in [3.8, 4) is 0 Å². The standard InChI is InChI=1S/C5H7N5S/c6-2-1-4-9-10-3-7-8-5(10)11-4/h3H,1-2,6H2. The van der Waals surface area contributed by atoms with Crippen LogP contribution in [-0.4, -0.2) is 26.4 Å². The van der Waals surface area contributed by atoms with E-state index in [0.29, 0.717) is 6.54 Å². The van der Waals surface area contributed by atoms with Gasteiger partial charge in [0.05, 0.1) is 0 Å². The van der Waals surface area contributed by atoms with Gasteiger partial charge in [-0.25, -0.2) is 0 Å². The molecule has 2 heterocycles. The van der Waals surface area contributed by atoms with Crippen LogP contribution in [0.25, 0.3) is 4.96 Å². The summed E-state index contributed by atoms with van der Waals surface area (Å²) in [4.78, 5) is 0.827. The van der Waals surface area contributed by atoms with E-state index in [2.05, 4.69) is 15.3 Å². The van der Waals surface area contributed by atoms with Crippen LogP contribution in [0.4, 0.5) is 0 Å². The third-order valence-electron chi connectivity index (χ3n) is 1.29. The summed E-state index contributed by atoms with van der Waals surface area (Å²) >= 11 is 1.53. The zero-order valence-corrected chi connectivity index (χ0v) is 6.58. The number of aromatic nitrogens is 4. The van der Waals surface area contributed by atoms with Gasteiger partial charge in [0.15, 0.2) is 0 Å². The molecule has 0 spiro atoms. The van der Waals surface area contributed by atoms with Crippen LogP contribution in [0.15, 0.2) is 6.33 Å². The first-order valence-electron chi connectivity index (χ1n) is 3.26. The summed E-state index contributed by atoms with van der Waals surface area (Å²) in [6.45, 7) is 0.629. The third-order valence-corrected chi connectivity index (χ3v) is 2.26. The zero-order valence-electron chi connectivity index (χ0n) is 5.77. The summed E-state index contributed by atoms with van der Waals surface area (Å²) in [6, 6.07) is 0. The maximum atomic E-state index is 5.37. The summed E-state index contributed by atoms with van der Waals surface area (Å²) in [5.74, 6) is 0. The van der Waals surface area contributed by atoms with Gasteiger partial charge in [0.1, 0.15) is 11.3 Å². The van der Waals surface area contributed by atoms with E-state index in [1.165, 1.54) is 11.3 Å². The quantitative estimate of drug-likeness (QED) is 0.669. The lowest BCUT2D eigenvalue weighted by Gasteiger charge is -1.84. The van der Waals surface area contributed by atoms with Gasteiger partial charge in [-0.15, -0.1) is 10.2 Å². The molecule has 11 heavy (non-hydrogen) atoms. The van der Waals surface area contributed by atoms with Crippen LogP contribution in [-0.2, 0) is 6.42 Å². The van der Waals surface area contributed by atoms with Gasteiger partial charge in [0.25, 0.3) is 0 Å². The molecule has 2 rings (SSSR count). The van der Waals surface area contributed by atoms with Crippen molar-refractivity contribution >= 4 is 16.3 Å². The molecular formula is C5H7N5S. The molecule has 0 fully saturated rings. The van der Waals surface area contributed by atoms with Gasteiger partial charge >= 0.3 is 0 Å². The van der Waals surface area contributed by atoms with Crippen molar-refractivity contribution in [2.45, 2.75) is 6.42 Å². The molecule has 0 aliphatic carbocycles. The molecular weight excluding hydrogens is 162 g/mol. The Morgan fingerprint density at radius 3 is 3.27 bits per heavy atom. The third kappa shape index (κ3) is 1.10. The second-order valence-electron chi connectivity index (χ2n) is 2.09. The Bertz CT molecular complexity index is 322. The van der Waals surface area contributed by atoms with E-state index >= 15 is 0 Å². The highest BCUT2D eigenvalue weighted by molar-refractivity contribution is 7.16. The molecule has 0 atom stereocenters. The lowest BCUT2D eigenvalue weighted by molar-refractivity contribution is 0.866. The Labute approximate surface area is 66.9 Å². The molecule has 5 nitrogen and oxygen atoms in total. The van der Waals surface area contributed by atoms with E-state index in [1.54, 1.807) is 10.8 Å². The van der Waals surface area contributed by atoms with Crippen LogP contribution in [0.1, 0.15) is 5.01 Å². The molecule has 0 aliphatic heterocycles. The van der Waals surface area contributed by atoms with Crippen molar-refractivity contribution in [1.29, 1.82) is 0 Å².